The first-order valence-corrected chi connectivity index (χ1v) is 13.6. The molecule has 0 bridgehead atoms. The Morgan fingerprint density at radius 2 is 1.77 bits per heavy atom. The zero-order valence-electron chi connectivity index (χ0n) is 23.2. The first-order chi connectivity index (χ1) is 19.2. The summed E-state index contributed by atoms with van der Waals surface area (Å²) < 4.78 is 5.52. The molecule has 202 valence electrons. The van der Waals surface area contributed by atoms with Crippen LogP contribution in [0.4, 0.5) is 11.4 Å². The summed E-state index contributed by atoms with van der Waals surface area (Å²) in [4.78, 5) is 22.4. The number of piperazine rings is 1. The lowest BCUT2D eigenvalue weighted by Gasteiger charge is -2.45. The van der Waals surface area contributed by atoms with Gasteiger partial charge >= 0.3 is 0 Å². The van der Waals surface area contributed by atoms with E-state index < -0.39 is 0 Å². The highest BCUT2D eigenvalue weighted by atomic mass is 16.5. The van der Waals surface area contributed by atoms with Crippen LogP contribution in [0.2, 0.25) is 0 Å². The second-order valence-corrected chi connectivity index (χ2v) is 11.6. The minimum atomic E-state index is -0.226. The average molecular weight is 533 g/mol. The zero-order chi connectivity index (χ0) is 28.0. The van der Waals surface area contributed by atoms with Crippen molar-refractivity contribution < 1.29 is 9.32 Å². The van der Waals surface area contributed by atoms with E-state index in [1.165, 1.54) is 0 Å². The van der Waals surface area contributed by atoms with Crippen LogP contribution in [-0.2, 0) is 5.41 Å². The predicted molar refractivity (Wildman–Crippen MR) is 154 cm³/mol. The number of hydrogen-bond acceptors (Lipinski definition) is 7. The van der Waals surface area contributed by atoms with Crippen LogP contribution >= 0.6 is 0 Å². The molecule has 1 unspecified atom stereocenters. The molecule has 1 fully saturated rings. The van der Waals surface area contributed by atoms with E-state index in [1.54, 1.807) is 0 Å². The van der Waals surface area contributed by atoms with Crippen LogP contribution in [0.15, 0.2) is 71.3 Å². The number of nitrogens with zero attached hydrogens (tertiary/aromatic N) is 5. The summed E-state index contributed by atoms with van der Waals surface area (Å²) in [6, 6.07) is 24.2. The summed E-state index contributed by atoms with van der Waals surface area (Å²) >= 11 is 0. The smallest absolute Gasteiger partial charge is 0.257 e. The fourth-order valence-corrected chi connectivity index (χ4v) is 5.77. The van der Waals surface area contributed by atoms with Gasteiger partial charge in [-0.2, -0.15) is 10.2 Å². The van der Waals surface area contributed by atoms with Crippen molar-refractivity contribution in [3.8, 4) is 17.5 Å². The molecule has 8 heteroatoms. The van der Waals surface area contributed by atoms with Crippen molar-refractivity contribution in [1.29, 1.82) is 5.26 Å². The number of carbonyl (C=O) groups is 1. The number of aromatic nitrogens is 2. The highest BCUT2D eigenvalue weighted by Gasteiger charge is 2.35. The molecular weight excluding hydrogens is 500 g/mol. The Balaban J connectivity index is 1.29. The topological polar surface area (TPSA) is 98.3 Å². The van der Waals surface area contributed by atoms with Crippen LogP contribution in [0.5, 0.6) is 0 Å². The molecule has 1 N–H and O–H groups in total. The summed E-state index contributed by atoms with van der Waals surface area (Å²) in [5.41, 5.74) is 5.65. The van der Waals surface area contributed by atoms with Gasteiger partial charge in [0, 0.05) is 47.9 Å². The minimum absolute atomic E-state index is 0.0525. The fourth-order valence-electron chi connectivity index (χ4n) is 5.77. The Kier molecular flexibility index (Phi) is 6.40. The van der Waals surface area contributed by atoms with Gasteiger partial charge in [0.25, 0.3) is 11.8 Å². The molecule has 1 saturated heterocycles. The van der Waals surface area contributed by atoms with E-state index >= 15 is 0 Å². The molecule has 2 aliphatic heterocycles. The molecule has 4 aromatic rings. The summed E-state index contributed by atoms with van der Waals surface area (Å²) in [6.45, 7) is 10.6. The molecular formula is C32H32N6O2. The molecule has 0 saturated carbocycles. The summed E-state index contributed by atoms with van der Waals surface area (Å²) in [6.07, 6.45) is 0. The van der Waals surface area contributed by atoms with Gasteiger partial charge in [0.1, 0.15) is 6.07 Å². The molecule has 8 nitrogen and oxygen atoms in total. The highest BCUT2D eigenvalue weighted by molar-refractivity contribution is 6.07. The van der Waals surface area contributed by atoms with Gasteiger partial charge in [-0.05, 0) is 48.4 Å². The zero-order valence-corrected chi connectivity index (χ0v) is 23.2. The number of para-hydroxylation sites is 1. The normalized spacial score (nSPS) is 19.3. The van der Waals surface area contributed by atoms with E-state index in [2.05, 4.69) is 50.4 Å². The second kappa shape index (κ2) is 9.92. The van der Waals surface area contributed by atoms with Crippen LogP contribution in [0.25, 0.3) is 11.5 Å². The van der Waals surface area contributed by atoms with Crippen LogP contribution in [0.3, 0.4) is 0 Å². The standard InChI is InChI=1S/C32H32N6O2/c1-20-19-37(28-23-9-5-6-10-24(23)29(39)34-26-12-8-7-11-25(26)28)15-16-38(20)27-14-13-21(17-22(27)18-33)30-35-31(36-40-30)32(2,3)4/h5-14,17,20,28H,15-16,19H2,1-4H3,(H,34,39)/t20-,28?/m1/s1. The number of hydrogen-bond donors (Lipinski definition) is 1. The minimum Gasteiger partial charge on any atom is -0.365 e. The molecule has 2 aliphatic rings. The maximum Gasteiger partial charge on any atom is 0.257 e. The number of rotatable bonds is 3. The van der Waals surface area contributed by atoms with Gasteiger partial charge < -0.3 is 14.7 Å². The van der Waals surface area contributed by atoms with E-state index in [-0.39, 0.29) is 23.4 Å². The summed E-state index contributed by atoms with van der Waals surface area (Å²) in [5, 5.41) is 17.3. The SMILES string of the molecule is C[C@@H]1CN(C2c3ccccc3NC(=O)c3ccccc32)CCN1c1ccc(-c2nc(C(C)(C)C)no2)cc1C#N. The lowest BCUT2D eigenvalue weighted by molar-refractivity contribution is 0.102. The highest BCUT2D eigenvalue weighted by Crippen LogP contribution is 2.40. The Labute approximate surface area is 234 Å². The van der Waals surface area contributed by atoms with E-state index in [0.29, 0.717) is 22.8 Å². The quantitative estimate of drug-likeness (QED) is 0.358. The molecule has 3 heterocycles. The van der Waals surface area contributed by atoms with Crippen LogP contribution in [0.1, 0.15) is 66.6 Å². The number of nitriles is 1. The second-order valence-electron chi connectivity index (χ2n) is 11.6. The Hall–Kier alpha value is -4.48. The van der Waals surface area contributed by atoms with Gasteiger partial charge in [0.05, 0.1) is 17.3 Å². The molecule has 1 amide bonds. The number of carbonyl (C=O) groups excluding carboxylic acids is 1. The third kappa shape index (κ3) is 4.52. The van der Waals surface area contributed by atoms with Gasteiger partial charge in [-0.1, -0.05) is 62.3 Å². The van der Waals surface area contributed by atoms with Crippen molar-refractivity contribution >= 4 is 17.3 Å². The molecule has 2 atom stereocenters. The van der Waals surface area contributed by atoms with Crippen LogP contribution in [-0.4, -0.2) is 46.6 Å². The van der Waals surface area contributed by atoms with Crippen molar-refractivity contribution in [2.45, 2.75) is 45.2 Å². The largest absolute Gasteiger partial charge is 0.365 e. The maximum atomic E-state index is 13.1. The third-order valence-corrected chi connectivity index (χ3v) is 7.80. The molecule has 40 heavy (non-hydrogen) atoms. The molecule has 0 radical (unpaired) electrons. The third-order valence-electron chi connectivity index (χ3n) is 7.80. The molecule has 0 spiro atoms. The van der Waals surface area contributed by atoms with Gasteiger partial charge in [0.15, 0.2) is 5.82 Å². The van der Waals surface area contributed by atoms with Crippen LogP contribution < -0.4 is 10.2 Å². The molecule has 6 rings (SSSR count). The summed E-state index contributed by atoms with van der Waals surface area (Å²) in [5.74, 6) is 0.972. The first-order valence-electron chi connectivity index (χ1n) is 13.6. The Bertz CT molecular complexity index is 1630. The van der Waals surface area contributed by atoms with E-state index in [1.807, 2.05) is 75.4 Å². The van der Waals surface area contributed by atoms with Gasteiger partial charge in [-0.3, -0.25) is 9.69 Å². The Morgan fingerprint density at radius 3 is 2.50 bits per heavy atom. The average Bonchev–Trinajstić information content (AvgIpc) is 3.41. The number of amides is 1. The van der Waals surface area contributed by atoms with E-state index in [4.69, 9.17) is 4.52 Å². The Morgan fingerprint density at radius 1 is 1.02 bits per heavy atom. The van der Waals surface area contributed by atoms with Crippen molar-refractivity contribution in [3.63, 3.8) is 0 Å². The first kappa shape index (κ1) is 25.8. The lowest BCUT2D eigenvalue weighted by atomic mass is 9.92. The lowest BCUT2D eigenvalue weighted by Crippen LogP contribution is -2.53. The van der Waals surface area contributed by atoms with Crippen molar-refractivity contribution in [3.05, 3.63) is 94.8 Å². The molecule has 1 aromatic heterocycles. The molecule has 0 aliphatic carbocycles. The van der Waals surface area contributed by atoms with Crippen LogP contribution in [0, 0.1) is 11.3 Å². The number of benzene rings is 3. The van der Waals surface area contributed by atoms with Crippen molar-refractivity contribution in [1.82, 2.24) is 15.0 Å². The van der Waals surface area contributed by atoms with Gasteiger partial charge in [-0.15, -0.1) is 0 Å². The summed E-state index contributed by atoms with van der Waals surface area (Å²) in [7, 11) is 0. The van der Waals surface area contributed by atoms with Crippen molar-refractivity contribution in [2.24, 2.45) is 0 Å². The number of fused-ring (bicyclic) bond motifs is 2. The van der Waals surface area contributed by atoms with Gasteiger partial charge in [0.2, 0.25) is 0 Å². The van der Waals surface area contributed by atoms with Gasteiger partial charge in [-0.25, -0.2) is 0 Å². The van der Waals surface area contributed by atoms with Crippen molar-refractivity contribution in [2.75, 3.05) is 29.9 Å². The maximum absolute atomic E-state index is 13.1. The monoisotopic (exact) mass is 532 g/mol. The molecule has 3 aromatic carbocycles. The van der Waals surface area contributed by atoms with E-state index in [9.17, 15) is 10.1 Å². The number of anilines is 2. The fraction of sp³-hybridized carbons (Fsp3) is 0.312. The number of nitrogens with one attached hydrogen (secondary N) is 1. The van der Waals surface area contributed by atoms with E-state index in [0.717, 1.165) is 47.7 Å². The predicted octanol–water partition coefficient (Wildman–Crippen LogP) is 5.77.